The van der Waals surface area contributed by atoms with Gasteiger partial charge in [0.25, 0.3) is 5.91 Å². The molecule has 6 nitrogen and oxygen atoms in total. The number of benzene rings is 2. The number of carbonyl (C=O) groups is 3. The summed E-state index contributed by atoms with van der Waals surface area (Å²) in [4.78, 5) is 34.9. The van der Waals surface area contributed by atoms with Crippen LogP contribution in [0, 0.1) is 0 Å². The van der Waals surface area contributed by atoms with Crippen LogP contribution in [0.1, 0.15) is 48.7 Å². The summed E-state index contributed by atoms with van der Waals surface area (Å²) in [6.45, 7) is 3.28. The summed E-state index contributed by atoms with van der Waals surface area (Å²) in [5.41, 5.74) is 1.41. The van der Waals surface area contributed by atoms with E-state index >= 15 is 0 Å². The number of carbonyl (C=O) groups excluding carboxylic acids is 3. The summed E-state index contributed by atoms with van der Waals surface area (Å²) >= 11 is 6.10. The van der Waals surface area contributed by atoms with Crippen LogP contribution >= 0.6 is 11.6 Å². The van der Waals surface area contributed by atoms with Crippen molar-refractivity contribution in [2.75, 3.05) is 13.2 Å². The van der Waals surface area contributed by atoms with Crippen molar-refractivity contribution in [1.82, 2.24) is 5.32 Å². The van der Waals surface area contributed by atoms with E-state index in [-0.39, 0.29) is 24.9 Å². The van der Waals surface area contributed by atoms with Gasteiger partial charge in [-0.15, -0.1) is 0 Å². The number of hydrogen-bond acceptors (Lipinski definition) is 5. The lowest BCUT2D eigenvalue weighted by molar-refractivity contribution is -0.148. The first-order valence-electron chi connectivity index (χ1n) is 9.30. The number of halogens is 1. The lowest BCUT2D eigenvalue weighted by Gasteiger charge is -2.15. The van der Waals surface area contributed by atoms with Crippen molar-refractivity contribution in [3.8, 4) is 5.75 Å². The van der Waals surface area contributed by atoms with E-state index < -0.39 is 11.9 Å². The van der Waals surface area contributed by atoms with Gasteiger partial charge in [0.05, 0.1) is 12.6 Å². The molecule has 1 amide bonds. The van der Waals surface area contributed by atoms with Crippen LogP contribution in [0.5, 0.6) is 5.75 Å². The number of hydrogen-bond donors (Lipinski definition) is 1. The van der Waals surface area contributed by atoms with Crippen molar-refractivity contribution in [3.63, 3.8) is 0 Å². The third-order valence-electron chi connectivity index (χ3n) is 4.17. The van der Waals surface area contributed by atoms with Gasteiger partial charge >= 0.3 is 5.97 Å². The summed E-state index contributed by atoms with van der Waals surface area (Å²) in [7, 11) is 0. The molecule has 0 aliphatic rings. The first kappa shape index (κ1) is 22.4. The third-order valence-corrected chi connectivity index (χ3v) is 4.51. The highest BCUT2D eigenvalue weighted by molar-refractivity contribution is 6.31. The van der Waals surface area contributed by atoms with Crippen LogP contribution in [-0.4, -0.2) is 30.9 Å². The van der Waals surface area contributed by atoms with E-state index in [1.807, 2.05) is 18.2 Å². The van der Waals surface area contributed by atoms with Gasteiger partial charge in [-0.1, -0.05) is 29.8 Å². The van der Waals surface area contributed by atoms with Gasteiger partial charge < -0.3 is 14.8 Å². The number of amides is 1. The fourth-order valence-corrected chi connectivity index (χ4v) is 2.90. The van der Waals surface area contributed by atoms with Gasteiger partial charge in [0.2, 0.25) is 0 Å². The fraction of sp³-hybridized carbons (Fsp3) is 0.318. The third kappa shape index (κ3) is 7.58. The quantitative estimate of drug-likeness (QED) is 0.357. The Bertz CT molecular complexity index is 851. The van der Waals surface area contributed by atoms with Gasteiger partial charge in [0.15, 0.2) is 12.4 Å². The molecule has 0 heterocycles. The number of Topliss-reactive ketones (excluding diaryl/α,β-unsaturated/α-hetero) is 1. The van der Waals surface area contributed by atoms with Gasteiger partial charge in [-0.2, -0.15) is 0 Å². The second kappa shape index (κ2) is 11.2. The summed E-state index contributed by atoms with van der Waals surface area (Å²) in [5.74, 6) is -0.255. The van der Waals surface area contributed by atoms with Crippen LogP contribution in [0.25, 0.3) is 0 Å². The molecule has 0 unspecified atom stereocenters. The molecule has 0 fully saturated rings. The molecule has 0 bridgehead atoms. The maximum absolute atomic E-state index is 12.0. The number of rotatable bonds is 10. The number of esters is 1. The molecular formula is C22H24ClNO5. The molecule has 7 heteroatoms. The molecule has 0 saturated heterocycles. The Kier molecular flexibility index (Phi) is 8.68. The Morgan fingerprint density at radius 3 is 2.41 bits per heavy atom. The summed E-state index contributed by atoms with van der Waals surface area (Å²) in [6, 6.07) is 13.7. The molecule has 0 spiro atoms. The summed E-state index contributed by atoms with van der Waals surface area (Å²) in [6.07, 6.45) is 0.587. The minimum Gasteiger partial charge on any atom is -0.494 e. The molecule has 2 rings (SSSR count). The molecule has 29 heavy (non-hydrogen) atoms. The maximum Gasteiger partial charge on any atom is 0.306 e. The van der Waals surface area contributed by atoms with E-state index in [2.05, 4.69) is 5.32 Å². The Hall–Kier alpha value is -2.86. The van der Waals surface area contributed by atoms with E-state index in [9.17, 15) is 14.4 Å². The minimum absolute atomic E-state index is 0.00964. The van der Waals surface area contributed by atoms with E-state index in [1.54, 1.807) is 37.3 Å². The van der Waals surface area contributed by atoms with Crippen LogP contribution < -0.4 is 10.1 Å². The summed E-state index contributed by atoms with van der Waals surface area (Å²) in [5, 5.41) is 3.31. The zero-order valence-electron chi connectivity index (χ0n) is 16.4. The van der Waals surface area contributed by atoms with Crippen LogP contribution in [0.15, 0.2) is 48.5 Å². The highest BCUT2D eigenvalue weighted by Crippen LogP contribution is 2.21. The van der Waals surface area contributed by atoms with Gasteiger partial charge in [0, 0.05) is 17.0 Å². The molecule has 0 aliphatic heterocycles. The van der Waals surface area contributed by atoms with Gasteiger partial charge in [-0.05, 0) is 56.2 Å². The lowest BCUT2D eigenvalue weighted by atomic mass is 10.1. The van der Waals surface area contributed by atoms with Crippen LogP contribution in [0.3, 0.4) is 0 Å². The number of ether oxygens (including phenoxy) is 2. The Balaban J connectivity index is 1.63. The smallest absolute Gasteiger partial charge is 0.306 e. The van der Waals surface area contributed by atoms with E-state index in [0.29, 0.717) is 29.4 Å². The number of ketones is 1. The molecule has 0 aliphatic carbocycles. The average Bonchev–Trinajstić information content (AvgIpc) is 2.70. The van der Waals surface area contributed by atoms with Crippen molar-refractivity contribution in [2.45, 2.75) is 32.7 Å². The maximum atomic E-state index is 12.0. The molecular weight excluding hydrogens is 394 g/mol. The number of nitrogens with one attached hydrogen (secondary N) is 1. The highest BCUT2D eigenvalue weighted by atomic mass is 35.5. The predicted octanol–water partition coefficient (Wildman–Crippen LogP) is 4.12. The standard InChI is InChI=1S/C22H24ClNO5/c1-15(19-6-3-4-7-20(19)23)24-21(26)14-29-22(27)8-5-13-28-18-11-9-17(10-12-18)16(2)25/h3-4,6-7,9-12,15H,5,8,13-14H2,1-2H3,(H,24,26)/t15-/m0/s1. The van der Waals surface area contributed by atoms with E-state index in [1.165, 1.54) is 6.92 Å². The first-order chi connectivity index (χ1) is 13.9. The molecule has 1 N–H and O–H groups in total. The normalized spacial score (nSPS) is 11.4. The molecule has 2 aromatic rings. The van der Waals surface area contributed by atoms with Crippen LogP contribution in [0.2, 0.25) is 5.02 Å². The minimum atomic E-state index is -0.471. The van der Waals surface area contributed by atoms with E-state index in [0.717, 1.165) is 5.56 Å². The van der Waals surface area contributed by atoms with Crippen molar-refractivity contribution in [2.24, 2.45) is 0 Å². The van der Waals surface area contributed by atoms with Crippen molar-refractivity contribution in [3.05, 3.63) is 64.7 Å². The first-order valence-corrected chi connectivity index (χ1v) is 9.68. The fourth-order valence-electron chi connectivity index (χ4n) is 2.60. The molecule has 154 valence electrons. The second-order valence-corrected chi connectivity index (χ2v) is 6.91. The zero-order chi connectivity index (χ0) is 21.2. The van der Waals surface area contributed by atoms with Gasteiger partial charge in [0.1, 0.15) is 5.75 Å². The molecule has 0 saturated carbocycles. The molecule has 1 atom stereocenters. The topological polar surface area (TPSA) is 81.7 Å². The highest BCUT2D eigenvalue weighted by Gasteiger charge is 2.14. The van der Waals surface area contributed by atoms with Crippen molar-refractivity contribution < 1.29 is 23.9 Å². The molecule has 2 aromatic carbocycles. The van der Waals surface area contributed by atoms with Crippen molar-refractivity contribution >= 4 is 29.3 Å². The lowest BCUT2D eigenvalue weighted by Crippen LogP contribution is -2.31. The Labute approximate surface area is 175 Å². The SMILES string of the molecule is CC(=O)c1ccc(OCCCC(=O)OCC(=O)N[C@@H](C)c2ccccc2Cl)cc1. The van der Waals surface area contributed by atoms with Crippen LogP contribution in [0.4, 0.5) is 0 Å². The Morgan fingerprint density at radius 2 is 1.76 bits per heavy atom. The van der Waals surface area contributed by atoms with Gasteiger partial charge in [-0.25, -0.2) is 0 Å². The largest absolute Gasteiger partial charge is 0.494 e. The monoisotopic (exact) mass is 417 g/mol. The zero-order valence-corrected chi connectivity index (χ0v) is 17.2. The van der Waals surface area contributed by atoms with Crippen molar-refractivity contribution in [1.29, 1.82) is 0 Å². The van der Waals surface area contributed by atoms with Crippen LogP contribution in [-0.2, 0) is 14.3 Å². The summed E-state index contributed by atoms with van der Waals surface area (Å²) < 4.78 is 10.5. The molecule has 0 aromatic heterocycles. The van der Waals surface area contributed by atoms with Gasteiger partial charge in [-0.3, -0.25) is 14.4 Å². The predicted molar refractivity (Wildman–Crippen MR) is 110 cm³/mol. The molecule has 0 radical (unpaired) electrons. The Morgan fingerprint density at radius 1 is 1.07 bits per heavy atom. The second-order valence-electron chi connectivity index (χ2n) is 6.50. The van der Waals surface area contributed by atoms with E-state index in [4.69, 9.17) is 21.1 Å². The average molecular weight is 418 g/mol.